The van der Waals surface area contributed by atoms with Gasteiger partial charge < -0.3 is 40.5 Å². The van der Waals surface area contributed by atoms with Crippen molar-refractivity contribution < 1.29 is 28.7 Å². The van der Waals surface area contributed by atoms with E-state index in [0.717, 1.165) is 30.6 Å². The van der Waals surface area contributed by atoms with Crippen LogP contribution in [0.15, 0.2) is 45.5 Å². The molecule has 3 aromatic rings. The number of amides is 4. The highest BCUT2D eigenvalue weighted by molar-refractivity contribution is 7.99. The molecular formula is C36H56N14O6S2. The number of ether oxygens (including phenoxy) is 2. The lowest BCUT2D eigenvalue weighted by atomic mass is 10.1. The highest BCUT2D eigenvalue weighted by Crippen LogP contribution is 2.27. The molecule has 58 heavy (non-hydrogen) atoms. The summed E-state index contributed by atoms with van der Waals surface area (Å²) in [6.45, 7) is 8.71. The molecule has 0 spiro atoms. The Kier molecular flexibility index (Phi) is 16.8. The first-order valence-electron chi connectivity index (χ1n) is 19.6. The van der Waals surface area contributed by atoms with Crippen LogP contribution >= 0.6 is 24.4 Å². The summed E-state index contributed by atoms with van der Waals surface area (Å²) in [5.74, 6) is -1.26. The molecule has 0 saturated carbocycles. The number of nitrogens with one attached hydrogen (secondary N) is 4. The third-order valence-electron chi connectivity index (χ3n) is 10.6. The molecule has 2 aliphatic heterocycles. The van der Waals surface area contributed by atoms with Gasteiger partial charge in [-0.25, -0.2) is 9.36 Å². The predicted octanol–water partition coefficient (Wildman–Crippen LogP) is -0.223. The molecule has 8 unspecified atom stereocenters. The maximum absolute atomic E-state index is 14.3. The Hall–Kier alpha value is -4.22. The molecule has 318 valence electrons. The molecule has 2 saturated heterocycles. The van der Waals surface area contributed by atoms with E-state index in [9.17, 15) is 19.2 Å². The van der Waals surface area contributed by atoms with Gasteiger partial charge in [-0.3, -0.25) is 19.2 Å². The number of carbonyl (C=O) groups excluding carboxylic acids is 4. The summed E-state index contributed by atoms with van der Waals surface area (Å²) in [5.41, 5.74) is 0. The fraction of sp³-hybridized carbons (Fsp3) is 0.667. The number of tetrazole rings is 2. The lowest BCUT2D eigenvalue weighted by molar-refractivity contribution is -0.144. The largest absolute Gasteiger partial charge is 0.373 e. The Morgan fingerprint density at radius 3 is 1.72 bits per heavy atom. The van der Waals surface area contributed by atoms with E-state index in [1.807, 2.05) is 30.3 Å². The maximum atomic E-state index is 14.3. The second-order valence-corrected chi connectivity index (χ2v) is 16.0. The zero-order valence-electron chi connectivity index (χ0n) is 33.9. The van der Waals surface area contributed by atoms with Gasteiger partial charge in [0.2, 0.25) is 33.9 Å². The number of benzene rings is 1. The van der Waals surface area contributed by atoms with Crippen LogP contribution in [0.25, 0.3) is 0 Å². The first kappa shape index (κ1) is 44.9. The molecule has 2 aromatic heterocycles. The van der Waals surface area contributed by atoms with Gasteiger partial charge >= 0.3 is 0 Å². The normalized spacial score (nSPS) is 20.0. The molecule has 4 N–H and O–H groups in total. The van der Waals surface area contributed by atoms with Gasteiger partial charge in [-0.05, 0) is 112 Å². The third-order valence-corrected chi connectivity index (χ3v) is 11.9. The maximum Gasteiger partial charge on any atom is 0.248 e. The van der Waals surface area contributed by atoms with Gasteiger partial charge in [0.1, 0.15) is 12.1 Å². The summed E-state index contributed by atoms with van der Waals surface area (Å²) in [5, 5.41) is 36.3. The van der Waals surface area contributed by atoms with Crippen molar-refractivity contribution in [2.45, 2.75) is 130 Å². The number of rotatable bonds is 21. The number of carbonyl (C=O) groups is 4. The number of hydrogen-bond donors (Lipinski definition) is 5. The van der Waals surface area contributed by atoms with Crippen LogP contribution in [-0.2, 0) is 41.7 Å². The lowest BCUT2D eigenvalue weighted by Gasteiger charge is -2.33. The standard InChI is InChI=1S/C36H56N14O6S2/c1-22(37-5)31(51)39-29(33(53)47-16-10-12-26(47)20-49-35(57)41-43-45-49)24(3)55-18-19-56-25(4)30(40-32(52)23(2)38-6)34(54)48-17-11-13-27(48)21-50-36(42-44-46-50)58-28-14-8-7-9-15-28/h7-9,14-15,22-27,29-30,37-38H,10-13,16-21H2,1-6H3,(H,39,51)(H,40,52)(H,41,45,57). The molecule has 2 aliphatic rings. The summed E-state index contributed by atoms with van der Waals surface area (Å²) in [6.07, 6.45) is 1.54. The second-order valence-electron chi connectivity index (χ2n) is 14.5. The third kappa shape index (κ3) is 11.7. The minimum Gasteiger partial charge on any atom is -0.373 e. The zero-order valence-corrected chi connectivity index (χ0v) is 35.6. The molecule has 22 heteroatoms. The molecule has 4 heterocycles. The van der Waals surface area contributed by atoms with Gasteiger partial charge in [-0.15, -0.1) is 22.8 Å². The van der Waals surface area contributed by atoms with Crippen molar-refractivity contribution in [1.29, 1.82) is 0 Å². The van der Waals surface area contributed by atoms with Gasteiger partial charge in [-0.2, -0.15) is 0 Å². The summed E-state index contributed by atoms with van der Waals surface area (Å²) in [4.78, 5) is 59.2. The molecule has 1 aromatic carbocycles. The number of thiol groups is 1. The van der Waals surface area contributed by atoms with Crippen LogP contribution in [-0.4, -0.2) is 163 Å². The molecule has 0 bridgehead atoms. The molecule has 5 rings (SSSR count). The first-order chi connectivity index (χ1) is 27.9. The monoisotopic (exact) mass is 844 g/mol. The fourth-order valence-corrected chi connectivity index (χ4v) is 7.88. The average Bonchev–Trinajstić information content (AvgIpc) is 4.07. The van der Waals surface area contributed by atoms with Gasteiger partial charge in [0.15, 0.2) is 0 Å². The smallest absolute Gasteiger partial charge is 0.248 e. The molecule has 0 radical (unpaired) electrons. The highest BCUT2D eigenvalue weighted by atomic mass is 32.2. The van der Waals surface area contributed by atoms with Crippen LogP contribution < -0.4 is 21.3 Å². The predicted molar refractivity (Wildman–Crippen MR) is 215 cm³/mol. The Labute approximate surface area is 348 Å². The van der Waals surface area contributed by atoms with Gasteiger partial charge in [0, 0.05) is 18.0 Å². The number of likely N-dealkylation sites (N-methyl/N-ethyl adjacent to an activating group) is 2. The van der Waals surface area contributed by atoms with Gasteiger partial charge in [0.05, 0.1) is 62.7 Å². The topological polar surface area (TPSA) is 229 Å². The van der Waals surface area contributed by atoms with E-state index in [4.69, 9.17) is 9.47 Å². The van der Waals surface area contributed by atoms with E-state index in [0.29, 0.717) is 36.5 Å². The Morgan fingerprint density at radius 1 is 0.759 bits per heavy atom. The minimum atomic E-state index is -1.00. The van der Waals surface area contributed by atoms with Gasteiger partial charge in [0.25, 0.3) is 0 Å². The lowest BCUT2D eigenvalue weighted by Crippen LogP contribution is -2.58. The van der Waals surface area contributed by atoms with E-state index in [1.54, 1.807) is 56.3 Å². The summed E-state index contributed by atoms with van der Waals surface area (Å²) >= 11 is 5.75. The van der Waals surface area contributed by atoms with Crippen molar-refractivity contribution in [3.8, 4) is 0 Å². The average molecular weight is 845 g/mol. The van der Waals surface area contributed by atoms with E-state index < -0.39 is 36.4 Å². The van der Waals surface area contributed by atoms with Crippen LogP contribution in [0.4, 0.5) is 0 Å². The molecule has 4 amide bonds. The van der Waals surface area contributed by atoms with Crippen molar-refractivity contribution in [2.24, 2.45) is 0 Å². The fourth-order valence-electron chi connectivity index (χ4n) is 6.92. The number of likely N-dealkylation sites (tertiary alicyclic amines) is 2. The number of aromatic nitrogens is 8. The second kappa shape index (κ2) is 21.7. The van der Waals surface area contributed by atoms with Crippen molar-refractivity contribution in [3.63, 3.8) is 0 Å². The van der Waals surface area contributed by atoms with Gasteiger partial charge in [-0.1, -0.05) is 18.2 Å². The summed E-state index contributed by atoms with van der Waals surface area (Å²) in [6, 6.07) is 6.27. The SMILES string of the molecule is CNC(C)C(=O)NC(C(=O)N1CCCC1Cn1nnnc1S)C(C)OCCOC(C)C(NC(=O)C(C)NC)C(=O)N1CCCC1Cn1nnnc1Sc1ccccc1. The quantitative estimate of drug-likeness (QED) is 0.0690. The molecule has 8 atom stereocenters. The van der Waals surface area contributed by atoms with Crippen LogP contribution in [0, 0.1) is 0 Å². The van der Waals surface area contributed by atoms with Crippen LogP contribution in [0.2, 0.25) is 0 Å². The highest BCUT2D eigenvalue weighted by Gasteiger charge is 2.40. The number of hydrogen-bond acceptors (Lipinski definition) is 16. The zero-order chi connectivity index (χ0) is 41.8. The van der Waals surface area contributed by atoms with E-state index in [1.165, 1.54) is 16.4 Å². The summed E-state index contributed by atoms with van der Waals surface area (Å²) in [7, 11) is 3.33. The Morgan fingerprint density at radius 2 is 1.24 bits per heavy atom. The molecular weight excluding hydrogens is 789 g/mol. The van der Waals surface area contributed by atoms with Crippen molar-refractivity contribution >= 4 is 48.0 Å². The van der Waals surface area contributed by atoms with Crippen molar-refractivity contribution in [2.75, 3.05) is 40.4 Å². The van der Waals surface area contributed by atoms with Crippen LogP contribution in [0.5, 0.6) is 0 Å². The minimum absolute atomic E-state index is 0.0407. The van der Waals surface area contributed by atoms with Crippen molar-refractivity contribution in [3.05, 3.63) is 30.3 Å². The summed E-state index contributed by atoms with van der Waals surface area (Å²) < 4.78 is 15.6. The van der Waals surface area contributed by atoms with E-state index >= 15 is 0 Å². The van der Waals surface area contributed by atoms with Crippen molar-refractivity contribution in [1.82, 2.24) is 71.5 Å². The first-order valence-corrected chi connectivity index (χ1v) is 20.9. The molecule has 20 nitrogen and oxygen atoms in total. The van der Waals surface area contributed by atoms with Crippen LogP contribution in [0.1, 0.15) is 53.4 Å². The Balaban J connectivity index is 1.22. The van der Waals surface area contributed by atoms with E-state index in [2.05, 4.69) is 64.9 Å². The van der Waals surface area contributed by atoms with E-state index in [-0.39, 0.29) is 48.9 Å². The number of nitrogens with zero attached hydrogens (tertiary/aromatic N) is 10. The van der Waals surface area contributed by atoms with Crippen LogP contribution in [0.3, 0.4) is 0 Å². The molecule has 2 fully saturated rings. The molecule has 0 aliphatic carbocycles. The Bertz CT molecular complexity index is 1800.